The van der Waals surface area contributed by atoms with Gasteiger partial charge in [0.2, 0.25) is 0 Å². The fourth-order valence-electron chi connectivity index (χ4n) is 2.80. The van der Waals surface area contributed by atoms with E-state index in [1.165, 1.54) is 0 Å². The van der Waals surface area contributed by atoms with Crippen molar-refractivity contribution < 1.29 is 4.79 Å². The van der Waals surface area contributed by atoms with E-state index in [4.69, 9.17) is 11.6 Å². The third kappa shape index (κ3) is 2.47. The maximum absolute atomic E-state index is 12.8. The van der Waals surface area contributed by atoms with Crippen LogP contribution in [0.4, 0.5) is 0 Å². The zero-order chi connectivity index (χ0) is 15.8. The normalized spacial score (nSPS) is 19.4. The first kappa shape index (κ1) is 14.2. The molecule has 6 heteroatoms. The highest BCUT2D eigenvalue weighted by atomic mass is 35.5. The van der Waals surface area contributed by atoms with Crippen molar-refractivity contribution in [2.75, 3.05) is 19.6 Å². The summed E-state index contributed by atoms with van der Waals surface area (Å²) in [5.74, 6) is 0.798. The van der Waals surface area contributed by atoms with Gasteiger partial charge in [0, 0.05) is 29.9 Å². The molecule has 3 aliphatic rings. The summed E-state index contributed by atoms with van der Waals surface area (Å²) < 4.78 is 0. The Hall–Kier alpha value is -2.40. The first-order valence-electron chi connectivity index (χ1n) is 7.57. The van der Waals surface area contributed by atoms with Crippen LogP contribution in [0.15, 0.2) is 52.1 Å². The molecular weight excluding hydrogens is 312 g/mol. The smallest absolute Gasteiger partial charge is 0.253 e. The Kier molecular flexibility index (Phi) is 3.50. The SMILES string of the molecule is O=C(C1=C(c2ccc(Cl)cc2)N2N=CC=CC2=NC1)N1CCC1. The van der Waals surface area contributed by atoms with Gasteiger partial charge in [-0.2, -0.15) is 5.10 Å². The number of halogens is 1. The highest BCUT2D eigenvalue weighted by Crippen LogP contribution is 2.31. The number of nitrogens with zero attached hydrogens (tertiary/aromatic N) is 4. The minimum atomic E-state index is 0.0498. The molecule has 1 aromatic carbocycles. The topological polar surface area (TPSA) is 48.3 Å². The number of hydrazone groups is 1. The largest absolute Gasteiger partial charge is 0.339 e. The number of benzene rings is 1. The van der Waals surface area contributed by atoms with E-state index in [2.05, 4.69) is 10.1 Å². The van der Waals surface area contributed by atoms with Crippen LogP contribution in [0.25, 0.3) is 5.70 Å². The van der Waals surface area contributed by atoms with Crippen LogP contribution in [0.1, 0.15) is 12.0 Å². The fourth-order valence-corrected chi connectivity index (χ4v) is 2.93. The van der Waals surface area contributed by atoms with Crippen LogP contribution in [0.3, 0.4) is 0 Å². The van der Waals surface area contributed by atoms with Crippen molar-refractivity contribution >= 4 is 35.3 Å². The van der Waals surface area contributed by atoms with Crippen molar-refractivity contribution in [3.8, 4) is 0 Å². The standard InChI is InChI=1S/C17H15ClN4O/c18-13-6-4-12(5-7-13)16-14(17(23)21-9-2-10-21)11-19-15-3-1-8-20-22(15)16/h1,3-8H,2,9-11H2. The van der Waals surface area contributed by atoms with Gasteiger partial charge in [-0.05, 0) is 30.7 Å². The van der Waals surface area contributed by atoms with Gasteiger partial charge in [-0.15, -0.1) is 0 Å². The maximum Gasteiger partial charge on any atom is 0.253 e. The number of hydrogen-bond donors (Lipinski definition) is 0. The molecule has 5 nitrogen and oxygen atoms in total. The molecule has 4 rings (SSSR count). The quantitative estimate of drug-likeness (QED) is 0.838. The average molecular weight is 327 g/mol. The summed E-state index contributed by atoms with van der Waals surface area (Å²) in [4.78, 5) is 19.1. The number of hydrogen-bond acceptors (Lipinski definition) is 4. The zero-order valence-electron chi connectivity index (χ0n) is 12.4. The third-order valence-electron chi connectivity index (χ3n) is 4.15. The summed E-state index contributed by atoms with van der Waals surface area (Å²) in [7, 11) is 0. The first-order valence-corrected chi connectivity index (χ1v) is 7.95. The number of likely N-dealkylation sites (tertiary alicyclic amines) is 1. The van der Waals surface area contributed by atoms with E-state index in [1.54, 1.807) is 11.2 Å². The number of carbonyl (C=O) groups is 1. The fraction of sp³-hybridized carbons (Fsp3) is 0.235. The molecule has 0 spiro atoms. The van der Waals surface area contributed by atoms with Crippen molar-refractivity contribution in [2.24, 2.45) is 10.1 Å². The van der Waals surface area contributed by atoms with Gasteiger partial charge in [-0.25, -0.2) is 5.01 Å². The molecule has 0 atom stereocenters. The molecule has 0 unspecified atom stereocenters. The number of aliphatic imine (C=N–C) groups is 1. The Morgan fingerprint density at radius 2 is 1.96 bits per heavy atom. The summed E-state index contributed by atoms with van der Waals surface area (Å²) >= 11 is 6.00. The van der Waals surface area contributed by atoms with E-state index in [0.717, 1.165) is 36.6 Å². The number of carbonyl (C=O) groups excluding carboxylic acids is 1. The summed E-state index contributed by atoms with van der Waals surface area (Å²) in [5.41, 5.74) is 2.39. The van der Waals surface area contributed by atoms with Crippen molar-refractivity contribution in [2.45, 2.75) is 6.42 Å². The summed E-state index contributed by atoms with van der Waals surface area (Å²) in [6.07, 6.45) is 6.51. The highest BCUT2D eigenvalue weighted by molar-refractivity contribution is 6.30. The number of amidine groups is 1. The molecule has 0 aromatic heterocycles. The molecular formula is C17H15ClN4O. The van der Waals surface area contributed by atoms with Crippen LogP contribution < -0.4 is 0 Å². The summed E-state index contributed by atoms with van der Waals surface area (Å²) in [6, 6.07) is 7.48. The van der Waals surface area contributed by atoms with Gasteiger partial charge < -0.3 is 4.90 Å². The second-order valence-corrected chi connectivity index (χ2v) is 6.03. The van der Waals surface area contributed by atoms with E-state index in [1.807, 2.05) is 41.3 Å². The van der Waals surface area contributed by atoms with Gasteiger partial charge in [0.25, 0.3) is 5.91 Å². The zero-order valence-corrected chi connectivity index (χ0v) is 13.2. The van der Waals surface area contributed by atoms with Crippen molar-refractivity contribution in [1.29, 1.82) is 0 Å². The molecule has 0 N–H and O–H groups in total. The molecule has 0 radical (unpaired) electrons. The van der Waals surface area contributed by atoms with Crippen LogP contribution in [-0.2, 0) is 4.79 Å². The molecule has 1 saturated heterocycles. The Labute approximate surface area is 139 Å². The molecule has 0 saturated carbocycles. The molecule has 3 aliphatic heterocycles. The average Bonchev–Trinajstić information content (AvgIpc) is 2.53. The van der Waals surface area contributed by atoms with Crippen LogP contribution >= 0.6 is 11.6 Å². The summed E-state index contributed by atoms with van der Waals surface area (Å²) in [5, 5.41) is 6.80. The first-order chi connectivity index (χ1) is 11.2. The van der Waals surface area contributed by atoms with E-state index in [0.29, 0.717) is 17.1 Å². The minimum Gasteiger partial charge on any atom is -0.339 e. The Balaban J connectivity index is 1.81. The van der Waals surface area contributed by atoms with Crippen molar-refractivity contribution in [3.63, 3.8) is 0 Å². The predicted octanol–water partition coefficient (Wildman–Crippen LogP) is 2.55. The van der Waals surface area contributed by atoms with Crippen LogP contribution in [-0.4, -0.2) is 47.5 Å². The number of allylic oxidation sites excluding steroid dienone is 1. The second-order valence-electron chi connectivity index (χ2n) is 5.59. The van der Waals surface area contributed by atoms with Crippen LogP contribution in [0, 0.1) is 0 Å². The predicted molar refractivity (Wildman–Crippen MR) is 91.3 cm³/mol. The molecule has 0 aliphatic carbocycles. The molecule has 3 heterocycles. The lowest BCUT2D eigenvalue weighted by Gasteiger charge is -2.35. The molecule has 1 aromatic rings. The molecule has 116 valence electrons. The summed E-state index contributed by atoms with van der Waals surface area (Å²) in [6.45, 7) is 2.00. The Bertz CT molecular complexity index is 772. The molecule has 0 bridgehead atoms. The van der Waals surface area contributed by atoms with Gasteiger partial charge >= 0.3 is 0 Å². The molecule has 1 fully saturated rings. The number of rotatable bonds is 2. The lowest BCUT2D eigenvalue weighted by molar-refractivity contribution is -0.130. The molecule has 23 heavy (non-hydrogen) atoms. The third-order valence-corrected chi connectivity index (χ3v) is 4.40. The van der Waals surface area contributed by atoms with E-state index in [-0.39, 0.29) is 5.91 Å². The maximum atomic E-state index is 12.8. The van der Waals surface area contributed by atoms with Gasteiger partial charge in [0.05, 0.1) is 17.8 Å². The van der Waals surface area contributed by atoms with E-state index in [9.17, 15) is 4.79 Å². The van der Waals surface area contributed by atoms with Gasteiger partial charge in [0.1, 0.15) is 5.84 Å². The Morgan fingerprint density at radius 3 is 2.65 bits per heavy atom. The van der Waals surface area contributed by atoms with Gasteiger partial charge in [-0.1, -0.05) is 23.7 Å². The van der Waals surface area contributed by atoms with Crippen molar-refractivity contribution in [1.82, 2.24) is 9.91 Å². The number of amides is 1. The van der Waals surface area contributed by atoms with Gasteiger partial charge in [0.15, 0.2) is 0 Å². The van der Waals surface area contributed by atoms with E-state index >= 15 is 0 Å². The lowest BCUT2D eigenvalue weighted by atomic mass is 10.0. The Morgan fingerprint density at radius 1 is 1.17 bits per heavy atom. The van der Waals surface area contributed by atoms with Crippen LogP contribution in [0.5, 0.6) is 0 Å². The number of fused-ring (bicyclic) bond motifs is 1. The van der Waals surface area contributed by atoms with Crippen molar-refractivity contribution in [3.05, 3.63) is 52.6 Å². The minimum absolute atomic E-state index is 0.0498. The second kappa shape index (κ2) is 5.66. The molecule has 1 amide bonds. The van der Waals surface area contributed by atoms with E-state index < -0.39 is 0 Å². The monoisotopic (exact) mass is 326 g/mol. The highest BCUT2D eigenvalue weighted by Gasteiger charge is 2.32. The lowest BCUT2D eigenvalue weighted by Crippen LogP contribution is -2.45. The van der Waals surface area contributed by atoms with Crippen LogP contribution in [0.2, 0.25) is 5.02 Å². The van der Waals surface area contributed by atoms with Gasteiger partial charge in [-0.3, -0.25) is 9.79 Å².